The lowest BCUT2D eigenvalue weighted by atomic mass is 9.71. The maximum atomic E-state index is 12.8. The zero-order valence-electron chi connectivity index (χ0n) is 15.8. The van der Waals surface area contributed by atoms with E-state index in [-0.39, 0.29) is 17.4 Å². The number of hydrogen-bond acceptors (Lipinski definition) is 4. The van der Waals surface area contributed by atoms with E-state index >= 15 is 0 Å². The summed E-state index contributed by atoms with van der Waals surface area (Å²) in [6.45, 7) is 11.5. The van der Waals surface area contributed by atoms with Crippen molar-refractivity contribution in [2.75, 3.05) is 0 Å². The molecule has 1 N–H and O–H groups in total. The quantitative estimate of drug-likeness (QED) is 0.921. The van der Waals surface area contributed by atoms with E-state index in [9.17, 15) is 4.79 Å². The van der Waals surface area contributed by atoms with Crippen LogP contribution in [-0.4, -0.2) is 20.8 Å². The molecular formula is C19H28N4O2. The van der Waals surface area contributed by atoms with E-state index in [1.165, 1.54) is 0 Å². The molecule has 25 heavy (non-hydrogen) atoms. The monoisotopic (exact) mass is 344 g/mol. The molecule has 6 nitrogen and oxygen atoms in total. The van der Waals surface area contributed by atoms with Gasteiger partial charge in [0.05, 0.1) is 11.7 Å². The number of aromatic nitrogens is 3. The van der Waals surface area contributed by atoms with Crippen molar-refractivity contribution >= 4 is 5.91 Å². The first-order valence-electron chi connectivity index (χ1n) is 9.11. The van der Waals surface area contributed by atoms with Gasteiger partial charge in [-0.3, -0.25) is 9.48 Å². The number of amides is 1. The van der Waals surface area contributed by atoms with Crippen LogP contribution in [0.5, 0.6) is 0 Å². The number of rotatable bonds is 4. The summed E-state index contributed by atoms with van der Waals surface area (Å²) in [5.41, 5.74) is 2.63. The van der Waals surface area contributed by atoms with Crippen molar-refractivity contribution < 1.29 is 9.32 Å². The lowest BCUT2D eigenvalue weighted by Crippen LogP contribution is -2.31. The van der Waals surface area contributed by atoms with Gasteiger partial charge in [0.1, 0.15) is 5.76 Å². The molecule has 136 valence electrons. The Hall–Kier alpha value is -2.11. The minimum atomic E-state index is -0.170. The van der Waals surface area contributed by atoms with Gasteiger partial charge >= 0.3 is 0 Å². The van der Waals surface area contributed by atoms with E-state index in [4.69, 9.17) is 4.52 Å². The molecule has 2 aromatic heterocycles. The van der Waals surface area contributed by atoms with Crippen LogP contribution >= 0.6 is 0 Å². The molecule has 2 heterocycles. The maximum absolute atomic E-state index is 12.8. The average Bonchev–Trinajstić information content (AvgIpc) is 3.19. The first-order valence-corrected chi connectivity index (χ1v) is 9.11. The van der Waals surface area contributed by atoms with E-state index in [0.717, 1.165) is 42.8 Å². The molecule has 0 aliphatic heterocycles. The molecule has 1 amide bonds. The topological polar surface area (TPSA) is 73.0 Å². The normalized spacial score (nSPS) is 18.7. The summed E-state index contributed by atoms with van der Waals surface area (Å²) in [5.74, 6) is 1.23. The molecule has 0 radical (unpaired) electrons. The molecule has 6 heteroatoms. The Morgan fingerprint density at radius 3 is 2.92 bits per heavy atom. The highest BCUT2D eigenvalue weighted by atomic mass is 16.5. The van der Waals surface area contributed by atoms with Crippen LogP contribution in [0.4, 0.5) is 0 Å². The standard InChI is InChI=1S/C19H28N4O2/c1-6-23-15(9-10-20-23)12(2)21-18(24)17-14-11-13(19(3,4)5)7-8-16(14)25-22-17/h9-10,12-13H,6-8,11H2,1-5H3,(H,21,24)/t12-,13+/m1/s1. The second kappa shape index (κ2) is 6.65. The van der Waals surface area contributed by atoms with Gasteiger partial charge in [-0.05, 0) is 44.1 Å². The molecule has 0 fully saturated rings. The van der Waals surface area contributed by atoms with Gasteiger partial charge in [0.2, 0.25) is 0 Å². The van der Waals surface area contributed by atoms with Crippen LogP contribution in [0.3, 0.4) is 0 Å². The van der Waals surface area contributed by atoms with Gasteiger partial charge in [-0.2, -0.15) is 5.10 Å². The molecule has 1 aliphatic rings. The van der Waals surface area contributed by atoms with Crippen LogP contribution in [0.2, 0.25) is 0 Å². The van der Waals surface area contributed by atoms with E-state index in [2.05, 4.69) is 36.3 Å². The second-order valence-electron chi connectivity index (χ2n) is 8.01. The molecule has 0 saturated heterocycles. The highest BCUT2D eigenvalue weighted by Gasteiger charge is 2.34. The summed E-state index contributed by atoms with van der Waals surface area (Å²) in [5, 5.41) is 11.4. The van der Waals surface area contributed by atoms with Gasteiger partial charge < -0.3 is 9.84 Å². The van der Waals surface area contributed by atoms with Crippen LogP contribution in [0.25, 0.3) is 0 Å². The fourth-order valence-corrected chi connectivity index (χ4v) is 3.64. The third kappa shape index (κ3) is 3.48. The number of carbonyl (C=O) groups is 1. The number of nitrogens with zero attached hydrogens (tertiary/aromatic N) is 3. The first-order chi connectivity index (χ1) is 11.8. The summed E-state index contributed by atoms with van der Waals surface area (Å²) in [6, 6.07) is 1.80. The van der Waals surface area contributed by atoms with Crippen LogP contribution < -0.4 is 5.32 Å². The van der Waals surface area contributed by atoms with Gasteiger partial charge in [0.15, 0.2) is 5.69 Å². The lowest BCUT2D eigenvalue weighted by Gasteiger charge is -2.33. The molecule has 2 atom stereocenters. The molecule has 1 aliphatic carbocycles. The van der Waals surface area contributed by atoms with E-state index in [1.54, 1.807) is 6.20 Å². The Balaban J connectivity index is 1.77. The fraction of sp³-hybridized carbons (Fsp3) is 0.632. The maximum Gasteiger partial charge on any atom is 0.274 e. The summed E-state index contributed by atoms with van der Waals surface area (Å²) < 4.78 is 7.35. The summed E-state index contributed by atoms with van der Waals surface area (Å²) in [6.07, 6.45) is 4.55. The molecule has 0 aromatic carbocycles. The number of hydrogen-bond donors (Lipinski definition) is 1. The van der Waals surface area contributed by atoms with Crippen molar-refractivity contribution in [2.24, 2.45) is 11.3 Å². The Labute approximate surface area is 149 Å². The zero-order chi connectivity index (χ0) is 18.2. The second-order valence-corrected chi connectivity index (χ2v) is 8.01. The van der Waals surface area contributed by atoms with Crippen molar-refractivity contribution in [3.63, 3.8) is 0 Å². The smallest absolute Gasteiger partial charge is 0.274 e. The number of carbonyl (C=O) groups excluding carboxylic acids is 1. The summed E-state index contributed by atoms with van der Waals surface area (Å²) in [4.78, 5) is 12.8. The number of fused-ring (bicyclic) bond motifs is 1. The minimum absolute atomic E-state index is 0.135. The predicted octanol–water partition coefficient (Wildman–Crippen LogP) is 3.53. The Morgan fingerprint density at radius 2 is 2.24 bits per heavy atom. The van der Waals surface area contributed by atoms with Gasteiger partial charge in [-0.15, -0.1) is 0 Å². The third-order valence-corrected chi connectivity index (χ3v) is 5.32. The minimum Gasteiger partial charge on any atom is -0.360 e. The number of aryl methyl sites for hydroxylation is 2. The van der Waals surface area contributed by atoms with Crippen molar-refractivity contribution in [1.29, 1.82) is 0 Å². The summed E-state index contributed by atoms with van der Waals surface area (Å²) in [7, 11) is 0. The van der Waals surface area contributed by atoms with Crippen molar-refractivity contribution in [3.8, 4) is 0 Å². The highest BCUT2D eigenvalue weighted by Crippen LogP contribution is 2.38. The Kier molecular flexibility index (Phi) is 4.71. The van der Waals surface area contributed by atoms with Crippen molar-refractivity contribution in [3.05, 3.63) is 35.0 Å². The van der Waals surface area contributed by atoms with Crippen LogP contribution in [0, 0.1) is 11.3 Å². The average molecular weight is 344 g/mol. The zero-order valence-corrected chi connectivity index (χ0v) is 15.8. The Morgan fingerprint density at radius 1 is 1.48 bits per heavy atom. The van der Waals surface area contributed by atoms with Crippen LogP contribution in [-0.2, 0) is 19.4 Å². The van der Waals surface area contributed by atoms with Crippen LogP contribution in [0.1, 0.15) is 74.6 Å². The molecule has 0 bridgehead atoms. The van der Waals surface area contributed by atoms with E-state index in [0.29, 0.717) is 11.6 Å². The van der Waals surface area contributed by atoms with Crippen LogP contribution in [0.15, 0.2) is 16.8 Å². The van der Waals surface area contributed by atoms with E-state index < -0.39 is 0 Å². The fourth-order valence-electron chi connectivity index (χ4n) is 3.64. The van der Waals surface area contributed by atoms with Gasteiger partial charge in [0, 0.05) is 24.7 Å². The SMILES string of the molecule is CCn1nccc1[C@@H](C)NC(=O)c1noc2c1C[C@@H](C(C)(C)C)CC2. The molecule has 0 unspecified atom stereocenters. The molecule has 0 spiro atoms. The predicted molar refractivity (Wildman–Crippen MR) is 95.3 cm³/mol. The van der Waals surface area contributed by atoms with Gasteiger partial charge in [-0.1, -0.05) is 25.9 Å². The lowest BCUT2D eigenvalue weighted by molar-refractivity contribution is 0.0927. The molecular weight excluding hydrogens is 316 g/mol. The van der Waals surface area contributed by atoms with Gasteiger partial charge in [0.25, 0.3) is 5.91 Å². The highest BCUT2D eigenvalue weighted by molar-refractivity contribution is 5.94. The number of nitrogens with one attached hydrogen (secondary N) is 1. The molecule has 0 saturated carbocycles. The third-order valence-electron chi connectivity index (χ3n) is 5.32. The van der Waals surface area contributed by atoms with Crippen molar-refractivity contribution in [1.82, 2.24) is 20.3 Å². The first kappa shape index (κ1) is 17.7. The van der Waals surface area contributed by atoms with E-state index in [1.807, 2.05) is 24.6 Å². The Bertz CT molecular complexity index is 754. The largest absolute Gasteiger partial charge is 0.360 e. The van der Waals surface area contributed by atoms with Gasteiger partial charge in [-0.25, -0.2) is 0 Å². The van der Waals surface area contributed by atoms with Crippen molar-refractivity contribution in [2.45, 2.75) is 66.5 Å². The molecule has 3 rings (SSSR count). The molecule has 2 aromatic rings. The summed E-state index contributed by atoms with van der Waals surface area (Å²) >= 11 is 0.